The van der Waals surface area contributed by atoms with E-state index in [4.69, 9.17) is 0 Å². The minimum absolute atomic E-state index is 0.292. The molecule has 1 aromatic carbocycles. The van der Waals surface area contributed by atoms with Crippen LogP contribution in [-0.2, 0) is 10.0 Å². The van der Waals surface area contributed by atoms with Gasteiger partial charge in [-0.05, 0) is 18.2 Å². The molecule has 1 fully saturated rings. The molecule has 2 heterocycles. The number of hydrogen-bond acceptors (Lipinski definition) is 4. The van der Waals surface area contributed by atoms with Gasteiger partial charge in [0.2, 0.25) is 21.7 Å². The molecule has 1 saturated heterocycles. The Morgan fingerprint density at radius 3 is 1.89 bits per heavy atom. The molecule has 2 aromatic rings. The van der Waals surface area contributed by atoms with Crippen LogP contribution in [0.1, 0.15) is 0 Å². The molecule has 27 heavy (non-hydrogen) atoms. The van der Waals surface area contributed by atoms with Crippen molar-refractivity contribution < 1.29 is 34.8 Å². The van der Waals surface area contributed by atoms with Crippen molar-refractivity contribution in [3.8, 4) is 0 Å². The van der Waals surface area contributed by atoms with E-state index in [2.05, 4.69) is 4.98 Å². The van der Waals surface area contributed by atoms with Gasteiger partial charge in [0.05, 0.1) is 4.90 Å². The summed E-state index contributed by atoms with van der Waals surface area (Å²) in [5.74, 6) is -9.58. The molecular formula is C15H11F6N3O2S. The van der Waals surface area contributed by atoms with Gasteiger partial charge in [-0.25, -0.2) is 17.2 Å². The third kappa shape index (κ3) is 3.46. The number of nitrogens with zero attached hydrogens (tertiary/aromatic N) is 3. The molecule has 1 aromatic heterocycles. The lowest BCUT2D eigenvalue weighted by Crippen LogP contribution is -2.49. The molecule has 0 N–H and O–H groups in total. The van der Waals surface area contributed by atoms with Crippen molar-refractivity contribution in [1.82, 2.24) is 9.29 Å². The lowest BCUT2D eigenvalue weighted by Gasteiger charge is -2.35. The maximum absolute atomic E-state index is 13.8. The first-order valence-electron chi connectivity index (χ1n) is 7.53. The predicted molar refractivity (Wildman–Crippen MR) is 81.4 cm³/mol. The maximum Gasteiger partial charge on any atom is 0.253 e. The lowest BCUT2D eigenvalue weighted by atomic mass is 10.2. The van der Waals surface area contributed by atoms with Crippen LogP contribution in [0.15, 0.2) is 23.1 Å². The van der Waals surface area contributed by atoms with E-state index in [0.29, 0.717) is 12.1 Å². The Morgan fingerprint density at radius 2 is 1.37 bits per heavy atom. The highest BCUT2D eigenvalue weighted by molar-refractivity contribution is 7.89. The van der Waals surface area contributed by atoms with Crippen molar-refractivity contribution in [3.63, 3.8) is 0 Å². The van der Waals surface area contributed by atoms with Gasteiger partial charge in [0.25, 0.3) is 11.9 Å². The van der Waals surface area contributed by atoms with Crippen molar-refractivity contribution in [1.29, 1.82) is 0 Å². The number of hydrogen-bond donors (Lipinski definition) is 0. The number of rotatable bonds is 3. The van der Waals surface area contributed by atoms with Crippen LogP contribution in [-0.4, -0.2) is 43.9 Å². The summed E-state index contributed by atoms with van der Waals surface area (Å²) < 4.78 is 106. The summed E-state index contributed by atoms with van der Waals surface area (Å²) in [7, 11) is -4.19. The molecule has 5 nitrogen and oxygen atoms in total. The number of halogens is 6. The lowest BCUT2D eigenvalue weighted by molar-refractivity contribution is 0.369. The smallest absolute Gasteiger partial charge is 0.253 e. The molecule has 0 unspecified atom stereocenters. The topological polar surface area (TPSA) is 53.5 Å². The monoisotopic (exact) mass is 411 g/mol. The molecule has 3 rings (SSSR count). The Kier molecular flexibility index (Phi) is 5.04. The third-order valence-electron chi connectivity index (χ3n) is 4.06. The quantitative estimate of drug-likeness (QED) is 0.575. The number of piperazine rings is 1. The Hall–Kier alpha value is -2.34. The van der Waals surface area contributed by atoms with E-state index in [1.165, 1.54) is 0 Å². The van der Waals surface area contributed by atoms with Gasteiger partial charge in [0.1, 0.15) is 5.69 Å². The molecular weight excluding hydrogens is 400 g/mol. The summed E-state index contributed by atoms with van der Waals surface area (Å²) in [5.41, 5.74) is -0.982. The normalized spacial score (nSPS) is 16.0. The summed E-state index contributed by atoms with van der Waals surface area (Å²) in [4.78, 5) is 2.90. The van der Waals surface area contributed by atoms with E-state index in [9.17, 15) is 34.8 Å². The first-order valence-corrected chi connectivity index (χ1v) is 8.97. The largest absolute Gasteiger partial charge is 0.364 e. The molecule has 0 atom stereocenters. The second-order valence-corrected chi connectivity index (χ2v) is 7.57. The Morgan fingerprint density at radius 1 is 0.815 bits per heavy atom. The van der Waals surface area contributed by atoms with Crippen molar-refractivity contribution in [2.75, 3.05) is 31.1 Å². The summed E-state index contributed by atoms with van der Waals surface area (Å²) in [6.07, 6.45) is 0. The summed E-state index contributed by atoms with van der Waals surface area (Å²) >= 11 is 0. The van der Waals surface area contributed by atoms with Gasteiger partial charge in [0, 0.05) is 26.2 Å². The molecule has 146 valence electrons. The highest BCUT2D eigenvalue weighted by atomic mass is 32.2. The minimum atomic E-state index is -4.19. The van der Waals surface area contributed by atoms with Crippen LogP contribution in [0.25, 0.3) is 0 Å². The Balaban J connectivity index is 1.82. The molecule has 0 spiro atoms. The number of benzene rings is 1. The molecule has 0 radical (unpaired) electrons. The van der Waals surface area contributed by atoms with Crippen LogP contribution in [0.4, 0.5) is 32.0 Å². The zero-order valence-corrected chi connectivity index (χ0v) is 14.2. The molecule has 1 aliphatic rings. The Labute approximate surface area is 149 Å². The van der Waals surface area contributed by atoms with Gasteiger partial charge in [-0.15, -0.1) is 0 Å². The SMILES string of the molecule is O=S(=O)(c1ccc(F)c(F)c1)N1CCN(c2c(F)c(F)nc(F)c2F)CC1. The van der Waals surface area contributed by atoms with Gasteiger partial charge in [-0.3, -0.25) is 0 Å². The van der Waals surface area contributed by atoms with Crippen LogP contribution < -0.4 is 4.90 Å². The second-order valence-electron chi connectivity index (χ2n) is 5.64. The summed E-state index contributed by atoms with van der Waals surface area (Å²) in [6.45, 7) is -1.18. The zero-order chi connectivity index (χ0) is 19.9. The van der Waals surface area contributed by atoms with Gasteiger partial charge in [0.15, 0.2) is 11.6 Å². The van der Waals surface area contributed by atoms with E-state index in [1.807, 2.05) is 0 Å². The molecule has 1 aliphatic heterocycles. The highest BCUT2D eigenvalue weighted by Gasteiger charge is 2.32. The number of sulfonamides is 1. The Bertz CT molecular complexity index is 967. The first kappa shape index (κ1) is 19.4. The zero-order valence-electron chi connectivity index (χ0n) is 13.4. The van der Waals surface area contributed by atoms with E-state index >= 15 is 0 Å². The van der Waals surface area contributed by atoms with Crippen LogP contribution in [0.5, 0.6) is 0 Å². The number of pyridine rings is 1. The first-order chi connectivity index (χ1) is 12.6. The fourth-order valence-electron chi connectivity index (χ4n) is 2.69. The fourth-order valence-corrected chi connectivity index (χ4v) is 4.13. The van der Waals surface area contributed by atoms with Crippen LogP contribution in [0.3, 0.4) is 0 Å². The molecule has 0 amide bonds. The second kappa shape index (κ2) is 7.00. The van der Waals surface area contributed by atoms with E-state index in [1.54, 1.807) is 0 Å². The average molecular weight is 411 g/mol. The van der Waals surface area contributed by atoms with Gasteiger partial charge >= 0.3 is 0 Å². The van der Waals surface area contributed by atoms with Crippen LogP contribution in [0, 0.1) is 35.2 Å². The summed E-state index contributed by atoms with van der Waals surface area (Å²) in [6, 6.07) is 2.06. The van der Waals surface area contributed by atoms with Gasteiger partial charge in [-0.2, -0.15) is 26.9 Å². The van der Waals surface area contributed by atoms with Gasteiger partial charge in [-0.1, -0.05) is 0 Å². The van der Waals surface area contributed by atoms with Crippen LogP contribution >= 0.6 is 0 Å². The third-order valence-corrected chi connectivity index (χ3v) is 5.95. The number of aromatic nitrogens is 1. The standard InChI is InChI=1S/C15H11F6N3O2S/c16-9-2-1-8(7-10(9)17)27(25,26)24-5-3-23(4-6-24)13-11(18)14(20)22-15(21)12(13)19/h1-2,7H,3-6H2. The van der Waals surface area contributed by atoms with E-state index in [0.717, 1.165) is 15.3 Å². The van der Waals surface area contributed by atoms with E-state index in [-0.39, 0.29) is 26.2 Å². The fraction of sp³-hybridized carbons (Fsp3) is 0.267. The minimum Gasteiger partial charge on any atom is -0.364 e. The van der Waals surface area contributed by atoms with Gasteiger partial charge < -0.3 is 4.90 Å². The predicted octanol–water partition coefficient (Wildman–Crippen LogP) is 2.43. The molecule has 0 saturated carbocycles. The number of anilines is 1. The van der Waals surface area contributed by atoms with Crippen LogP contribution in [0.2, 0.25) is 0 Å². The van der Waals surface area contributed by atoms with Crippen molar-refractivity contribution in [3.05, 3.63) is 53.4 Å². The van der Waals surface area contributed by atoms with E-state index < -0.39 is 55.8 Å². The van der Waals surface area contributed by atoms with Crippen molar-refractivity contribution >= 4 is 15.7 Å². The molecule has 0 aliphatic carbocycles. The summed E-state index contributed by atoms with van der Waals surface area (Å²) in [5, 5.41) is 0. The molecule has 12 heteroatoms. The highest BCUT2D eigenvalue weighted by Crippen LogP contribution is 2.28. The van der Waals surface area contributed by atoms with Crippen molar-refractivity contribution in [2.45, 2.75) is 4.90 Å². The maximum atomic E-state index is 13.8. The van der Waals surface area contributed by atoms with Crippen molar-refractivity contribution in [2.24, 2.45) is 0 Å². The molecule has 0 bridgehead atoms. The average Bonchev–Trinajstić information content (AvgIpc) is 2.63.